The first-order chi connectivity index (χ1) is 6.93. The van der Waals surface area contributed by atoms with E-state index in [1.165, 1.54) is 13.8 Å². The van der Waals surface area contributed by atoms with Gasteiger partial charge in [-0.15, -0.1) is 0 Å². The van der Waals surface area contributed by atoms with Gasteiger partial charge >= 0.3 is 0 Å². The van der Waals surface area contributed by atoms with E-state index in [0.717, 1.165) is 32.1 Å². The van der Waals surface area contributed by atoms with Crippen LogP contribution < -0.4 is 0 Å². The molecule has 0 saturated heterocycles. The van der Waals surface area contributed by atoms with Crippen molar-refractivity contribution in [2.45, 2.75) is 58.0 Å². The molecule has 0 bridgehead atoms. The topological polar surface area (TPSA) is 34.1 Å². The summed E-state index contributed by atoms with van der Waals surface area (Å²) >= 11 is 0. The van der Waals surface area contributed by atoms with Crippen molar-refractivity contribution in [2.75, 3.05) is 0 Å². The van der Waals surface area contributed by atoms with E-state index in [1.807, 2.05) is 0 Å². The van der Waals surface area contributed by atoms with Gasteiger partial charge in [-0.2, -0.15) is 0 Å². The second kappa shape index (κ2) is 4.86. The van der Waals surface area contributed by atoms with Gasteiger partial charge in [-0.05, 0) is 26.7 Å². The third-order valence-corrected chi connectivity index (χ3v) is 3.07. The van der Waals surface area contributed by atoms with E-state index in [4.69, 9.17) is 0 Å². The molecule has 0 spiro atoms. The van der Waals surface area contributed by atoms with Gasteiger partial charge in [0.1, 0.15) is 5.78 Å². The molecular formula is C12H19FO2. The lowest BCUT2D eigenvalue weighted by atomic mass is 9.79. The fraction of sp³-hybridized carbons (Fsp3) is 0.833. The summed E-state index contributed by atoms with van der Waals surface area (Å²) < 4.78 is 13.9. The summed E-state index contributed by atoms with van der Waals surface area (Å²) in [5.41, 5.74) is -1.95. The molecule has 0 heterocycles. The average Bonchev–Trinajstić information content (AvgIpc) is 2.16. The minimum absolute atomic E-state index is 0.159. The van der Waals surface area contributed by atoms with Crippen molar-refractivity contribution in [3.63, 3.8) is 0 Å². The molecule has 1 rings (SSSR count). The van der Waals surface area contributed by atoms with E-state index in [-0.39, 0.29) is 23.9 Å². The van der Waals surface area contributed by atoms with Gasteiger partial charge in [0.05, 0.1) is 0 Å². The second-order valence-corrected chi connectivity index (χ2v) is 4.78. The summed E-state index contributed by atoms with van der Waals surface area (Å²) in [6, 6.07) is 0. The summed E-state index contributed by atoms with van der Waals surface area (Å²) in [5, 5.41) is 0. The first-order valence-electron chi connectivity index (χ1n) is 5.66. The number of halogens is 1. The van der Waals surface area contributed by atoms with Crippen LogP contribution in [0.4, 0.5) is 4.39 Å². The van der Waals surface area contributed by atoms with Crippen LogP contribution in [-0.2, 0) is 9.59 Å². The molecule has 1 saturated carbocycles. The zero-order valence-electron chi connectivity index (χ0n) is 9.51. The highest BCUT2D eigenvalue weighted by Gasteiger charge is 2.38. The van der Waals surface area contributed by atoms with Gasteiger partial charge in [-0.1, -0.05) is 19.3 Å². The SMILES string of the molecule is CC(=O)CC(C)(F)C(=O)C1CCCCC1. The summed E-state index contributed by atoms with van der Waals surface area (Å²) in [6.07, 6.45) is 4.45. The van der Waals surface area contributed by atoms with Crippen LogP contribution in [0.25, 0.3) is 0 Å². The number of hydrogen-bond acceptors (Lipinski definition) is 2. The van der Waals surface area contributed by atoms with Gasteiger partial charge in [-0.25, -0.2) is 4.39 Å². The van der Waals surface area contributed by atoms with Gasteiger partial charge in [0.15, 0.2) is 11.5 Å². The number of rotatable bonds is 4. The van der Waals surface area contributed by atoms with Crippen LogP contribution in [0.1, 0.15) is 52.4 Å². The van der Waals surface area contributed by atoms with Crippen LogP contribution in [0.2, 0.25) is 0 Å². The highest BCUT2D eigenvalue weighted by molar-refractivity contribution is 5.93. The molecular weight excluding hydrogens is 195 g/mol. The smallest absolute Gasteiger partial charge is 0.173 e. The predicted octanol–water partition coefficient (Wildman–Crippen LogP) is 2.84. The highest BCUT2D eigenvalue weighted by atomic mass is 19.1. The van der Waals surface area contributed by atoms with E-state index in [1.54, 1.807) is 0 Å². The first kappa shape index (κ1) is 12.3. The molecule has 3 heteroatoms. The van der Waals surface area contributed by atoms with Gasteiger partial charge < -0.3 is 0 Å². The van der Waals surface area contributed by atoms with Crippen molar-refractivity contribution >= 4 is 11.6 Å². The van der Waals surface area contributed by atoms with Gasteiger partial charge in [0.25, 0.3) is 0 Å². The number of ketones is 2. The summed E-state index contributed by atoms with van der Waals surface area (Å²) in [5.74, 6) is -0.783. The maximum absolute atomic E-state index is 13.9. The van der Waals surface area contributed by atoms with E-state index < -0.39 is 5.67 Å². The fourth-order valence-corrected chi connectivity index (χ4v) is 2.35. The van der Waals surface area contributed by atoms with Crippen LogP contribution in [-0.4, -0.2) is 17.2 Å². The van der Waals surface area contributed by atoms with Gasteiger partial charge in [0.2, 0.25) is 0 Å². The summed E-state index contributed by atoms with van der Waals surface area (Å²) in [7, 11) is 0. The number of carbonyl (C=O) groups excluding carboxylic acids is 2. The molecule has 0 aliphatic heterocycles. The normalized spacial score (nSPS) is 22.1. The number of Topliss-reactive ketones (excluding diaryl/α,β-unsaturated/α-hetero) is 2. The predicted molar refractivity (Wildman–Crippen MR) is 56.4 cm³/mol. The molecule has 0 radical (unpaired) electrons. The Morgan fingerprint density at radius 3 is 2.27 bits per heavy atom. The molecule has 0 amide bonds. The maximum atomic E-state index is 13.9. The Morgan fingerprint density at radius 1 is 1.27 bits per heavy atom. The number of alkyl halides is 1. The minimum atomic E-state index is -1.95. The third-order valence-electron chi connectivity index (χ3n) is 3.07. The van der Waals surface area contributed by atoms with Gasteiger partial charge in [-0.3, -0.25) is 9.59 Å². The molecule has 15 heavy (non-hydrogen) atoms. The van der Waals surface area contributed by atoms with Crippen LogP contribution in [0, 0.1) is 5.92 Å². The molecule has 1 aliphatic rings. The van der Waals surface area contributed by atoms with E-state index in [2.05, 4.69) is 0 Å². The molecule has 0 aromatic carbocycles. The largest absolute Gasteiger partial charge is 0.300 e. The molecule has 1 atom stereocenters. The molecule has 1 aliphatic carbocycles. The standard InChI is InChI=1S/C12H19FO2/c1-9(14)8-12(2,13)11(15)10-6-4-3-5-7-10/h10H,3-8H2,1-2H3. The summed E-state index contributed by atoms with van der Waals surface area (Å²) in [4.78, 5) is 22.7. The lowest BCUT2D eigenvalue weighted by Crippen LogP contribution is -2.38. The minimum Gasteiger partial charge on any atom is -0.300 e. The van der Waals surface area contributed by atoms with Crippen LogP contribution in [0.15, 0.2) is 0 Å². The Bertz CT molecular complexity index is 252. The molecule has 0 N–H and O–H groups in total. The van der Waals surface area contributed by atoms with Crippen molar-refractivity contribution in [2.24, 2.45) is 5.92 Å². The number of hydrogen-bond donors (Lipinski definition) is 0. The lowest BCUT2D eigenvalue weighted by molar-refractivity contribution is -0.138. The third kappa shape index (κ3) is 3.40. The molecule has 0 aromatic rings. The quantitative estimate of drug-likeness (QED) is 0.721. The summed E-state index contributed by atoms with van der Waals surface area (Å²) in [6.45, 7) is 2.57. The van der Waals surface area contributed by atoms with Crippen molar-refractivity contribution in [3.05, 3.63) is 0 Å². The fourth-order valence-electron chi connectivity index (χ4n) is 2.35. The zero-order chi connectivity index (χ0) is 11.5. The Hall–Kier alpha value is -0.730. The van der Waals surface area contributed by atoms with Crippen LogP contribution in [0.3, 0.4) is 0 Å². The molecule has 2 nitrogen and oxygen atoms in total. The average molecular weight is 214 g/mol. The highest BCUT2D eigenvalue weighted by Crippen LogP contribution is 2.31. The van der Waals surface area contributed by atoms with E-state index >= 15 is 0 Å². The monoisotopic (exact) mass is 214 g/mol. The van der Waals surface area contributed by atoms with E-state index in [9.17, 15) is 14.0 Å². The van der Waals surface area contributed by atoms with Gasteiger partial charge in [0, 0.05) is 12.3 Å². The number of carbonyl (C=O) groups is 2. The Kier molecular flexibility index (Phi) is 4.00. The molecule has 1 unspecified atom stereocenters. The van der Waals surface area contributed by atoms with Crippen molar-refractivity contribution < 1.29 is 14.0 Å². The Morgan fingerprint density at radius 2 is 1.80 bits per heavy atom. The Balaban J connectivity index is 2.60. The molecule has 86 valence electrons. The van der Waals surface area contributed by atoms with Crippen molar-refractivity contribution in [3.8, 4) is 0 Å². The second-order valence-electron chi connectivity index (χ2n) is 4.78. The zero-order valence-corrected chi connectivity index (χ0v) is 9.51. The molecule has 1 fully saturated rings. The van der Waals surface area contributed by atoms with Crippen molar-refractivity contribution in [1.29, 1.82) is 0 Å². The lowest BCUT2D eigenvalue weighted by Gasteiger charge is -2.26. The first-order valence-corrected chi connectivity index (χ1v) is 5.66. The van der Waals surface area contributed by atoms with Crippen LogP contribution >= 0.6 is 0 Å². The van der Waals surface area contributed by atoms with Crippen molar-refractivity contribution in [1.82, 2.24) is 0 Å². The Labute approximate surface area is 90.2 Å². The maximum Gasteiger partial charge on any atom is 0.173 e. The van der Waals surface area contributed by atoms with Crippen LogP contribution in [0.5, 0.6) is 0 Å². The molecule has 0 aromatic heterocycles. The van der Waals surface area contributed by atoms with E-state index in [0.29, 0.717) is 0 Å².